The Bertz CT molecular complexity index is 245. The summed E-state index contributed by atoms with van der Waals surface area (Å²) in [7, 11) is 0. The highest BCUT2D eigenvalue weighted by molar-refractivity contribution is 4.85. The van der Waals surface area contributed by atoms with E-state index in [1.165, 1.54) is 32.1 Å². The van der Waals surface area contributed by atoms with Crippen molar-refractivity contribution in [2.45, 2.75) is 84.0 Å². The molecule has 0 aromatic carbocycles. The van der Waals surface area contributed by atoms with E-state index < -0.39 is 0 Å². The van der Waals surface area contributed by atoms with Crippen LogP contribution in [0.2, 0.25) is 0 Å². The van der Waals surface area contributed by atoms with Gasteiger partial charge in [-0.25, -0.2) is 0 Å². The SMILES string of the molecule is CC1CCC(C2CCCC2)CC(C2CCCC2)C1. The molecule has 0 aliphatic heterocycles. The molecule has 3 aliphatic rings. The molecule has 3 atom stereocenters. The summed E-state index contributed by atoms with van der Waals surface area (Å²) in [6, 6.07) is 0. The van der Waals surface area contributed by atoms with E-state index in [2.05, 4.69) is 6.92 Å². The number of hydrogen-bond donors (Lipinski definition) is 0. The van der Waals surface area contributed by atoms with Crippen LogP contribution in [0.3, 0.4) is 0 Å². The van der Waals surface area contributed by atoms with E-state index in [0.717, 1.165) is 29.6 Å². The molecule has 0 saturated heterocycles. The molecule has 0 nitrogen and oxygen atoms in total. The van der Waals surface area contributed by atoms with E-state index >= 15 is 0 Å². The van der Waals surface area contributed by atoms with E-state index in [4.69, 9.17) is 0 Å². The Hall–Kier alpha value is 0. The summed E-state index contributed by atoms with van der Waals surface area (Å²) in [6.07, 6.45) is 18.7. The van der Waals surface area contributed by atoms with Crippen LogP contribution in [0.4, 0.5) is 0 Å². The van der Waals surface area contributed by atoms with Crippen molar-refractivity contribution < 1.29 is 0 Å². The zero-order chi connectivity index (χ0) is 12.4. The van der Waals surface area contributed by atoms with Crippen LogP contribution in [-0.4, -0.2) is 0 Å². The standard InChI is InChI=1S/C18H32/c1-14-10-11-17(15-6-2-3-7-15)13-18(12-14)16-8-4-5-9-16/h14-18H,2-13H2,1H3. The van der Waals surface area contributed by atoms with Gasteiger partial charge in [0.05, 0.1) is 0 Å². The minimum Gasteiger partial charge on any atom is -0.0625 e. The average Bonchev–Trinajstić information content (AvgIpc) is 3.03. The quantitative estimate of drug-likeness (QED) is 0.541. The van der Waals surface area contributed by atoms with Crippen LogP contribution in [0.25, 0.3) is 0 Å². The lowest BCUT2D eigenvalue weighted by molar-refractivity contribution is 0.217. The van der Waals surface area contributed by atoms with Gasteiger partial charge in [0.1, 0.15) is 0 Å². The first kappa shape index (κ1) is 13.0. The van der Waals surface area contributed by atoms with Crippen LogP contribution < -0.4 is 0 Å². The monoisotopic (exact) mass is 248 g/mol. The summed E-state index contributed by atoms with van der Waals surface area (Å²) in [5, 5.41) is 0. The van der Waals surface area contributed by atoms with Gasteiger partial charge in [0, 0.05) is 0 Å². The molecule has 3 aliphatic carbocycles. The fraction of sp³-hybridized carbons (Fsp3) is 1.00. The summed E-state index contributed by atoms with van der Waals surface area (Å²) in [4.78, 5) is 0. The maximum Gasteiger partial charge on any atom is -0.0381 e. The first-order valence-electron chi connectivity index (χ1n) is 8.83. The van der Waals surface area contributed by atoms with Crippen LogP contribution in [0, 0.1) is 29.6 Å². The second kappa shape index (κ2) is 5.97. The minimum atomic E-state index is 1.02. The topological polar surface area (TPSA) is 0 Å². The Morgan fingerprint density at radius 3 is 1.67 bits per heavy atom. The van der Waals surface area contributed by atoms with Crippen molar-refractivity contribution in [3.63, 3.8) is 0 Å². The molecule has 104 valence electrons. The Morgan fingerprint density at radius 2 is 1.06 bits per heavy atom. The molecule has 18 heavy (non-hydrogen) atoms. The van der Waals surface area contributed by atoms with Crippen LogP contribution in [0.15, 0.2) is 0 Å². The molecule has 0 heteroatoms. The molecule has 0 aromatic rings. The van der Waals surface area contributed by atoms with Crippen molar-refractivity contribution in [1.82, 2.24) is 0 Å². The van der Waals surface area contributed by atoms with Crippen molar-refractivity contribution in [2.24, 2.45) is 29.6 Å². The molecular formula is C18H32. The zero-order valence-corrected chi connectivity index (χ0v) is 12.4. The second-order valence-electron chi connectivity index (χ2n) is 7.76. The third-order valence-corrected chi connectivity index (χ3v) is 6.47. The summed E-state index contributed by atoms with van der Waals surface area (Å²) < 4.78 is 0. The zero-order valence-electron chi connectivity index (χ0n) is 12.4. The average molecular weight is 248 g/mol. The second-order valence-corrected chi connectivity index (χ2v) is 7.76. The normalized spacial score (nSPS) is 40.2. The van der Waals surface area contributed by atoms with Gasteiger partial charge in [-0.05, 0) is 48.9 Å². The summed E-state index contributed by atoms with van der Waals surface area (Å²) >= 11 is 0. The first-order chi connectivity index (χ1) is 8.83. The van der Waals surface area contributed by atoms with Gasteiger partial charge < -0.3 is 0 Å². The highest BCUT2D eigenvalue weighted by Gasteiger charge is 2.34. The van der Waals surface area contributed by atoms with Gasteiger partial charge in [0.2, 0.25) is 0 Å². The van der Waals surface area contributed by atoms with E-state index in [9.17, 15) is 0 Å². The number of rotatable bonds is 2. The maximum atomic E-state index is 2.53. The number of hydrogen-bond acceptors (Lipinski definition) is 0. The Kier molecular flexibility index (Phi) is 4.31. The van der Waals surface area contributed by atoms with Crippen molar-refractivity contribution in [3.05, 3.63) is 0 Å². The van der Waals surface area contributed by atoms with Gasteiger partial charge in [0.15, 0.2) is 0 Å². The van der Waals surface area contributed by atoms with Gasteiger partial charge >= 0.3 is 0 Å². The molecule has 3 fully saturated rings. The third kappa shape index (κ3) is 2.94. The van der Waals surface area contributed by atoms with Crippen molar-refractivity contribution in [3.8, 4) is 0 Å². The van der Waals surface area contributed by atoms with Crippen LogP contribution >= 0.6 is 0 Å². The van der Waals surface area contributed by atoms with Crippen LogP contribution in [0.5, 0.6) is 0 Å². The fourth-order valence-corrected chi connectivity index (χ4v) is 5.41. The molecule has 0 N–H and O–H groups in total. The molecule has 0 bridgehead atoms. The molecule has 0 aromatic heterocycles. The first-order valence-corrected chi connectivity index (χ1v) is 8.83. The molecule has 0 amide bonds. The Labute approximate surface area is 114 Å². The predicted octanol–water partition coefficient (Wildman–Crippen LogP) is 5.81. The maximum absolute atomic E-state index is 2.53. The van der Waals surface area contributed by atoms with Gasteiger partial charge in [-0.15, -0.1) is 0 Å². The van der Waals surface area contributed by atoms with E-state index in [-0.39, 0.29) is 0 Å². The molecule has 3 saturated carbocycles. The molecular weight excluding hydrogens is 216 g/mol. The van der Waals surface area contributed by atoms with Gasteiger partial charge in [-0.1, -0.05) is 64.7 Å². The van der Waals surface area contributed by atoms with Crippen molar-refractivity contribution >= 4 is 0 Å². The predicted molar refractivity (Wildman–Crippen MR) is 78.5 cm³/mol. The summed E-state index contributed by atoms with van der Waals surface area (Å²) in [6.45, 7) is 2.53. The summed E-state index contributed by atoms with van der Waals surface area (Å²) in [5.74, 6) is 5.48. The van der Waals surface area contributed by atoms with E-state index in [0.29, 0.717) is 0 Å². The lowest BCUT2D eigenvalue weighted by atomic mass is 9.77. The lowest BCUT2D eigenvalue weighted by Crippen LogP contribution is -2.19. The lowest BCUT2D eigenvalue weighted by Gasteiger charge is -2.29. The fourth-order valence-electron chi connectivity index (χ4n) is 5.41. The third-order valence-electron chi connectivity index (χ3n) is 6.47. The van der Waals surface area contributed by atoms with Crippen molar-refractivity contribution in [1.29, 1.82) is 0 Å². The minimum absolute atomic E-state index is 1.02. The Morgan fingerprint density at radius 1 is 0.500 bits per heavy atom. The Balaban J connectivity index is 1.64. The van der Waals surface area contributed by atoms with Gasteiger partial charge in [0.25, 0.3) is 0 Å². The smallest absolute Gasteiger partial charge is 0.0381 e. The molecule has 0 heterocycles. The van der Waals surface area contributed by atoms with Crippen LogP contribution in [-0.2, 0) is 0 Å². The molecule has 3 rings (SSSR count). The van der Waals surface area contributed by atoms with E-state index in [1.54, 1.807) is 44.9 Å². The largest absolute Gasteiger partial charge is 0.0625 e. The van der Waals surface area contributed by atoms with Gasteiger partial charge in [-0.2, -0.15) is 0 Å². The molecule has 0 radical (unpaired) electrons. The highest BCUT2D eigenvalue weighted by Crippen LogP contribution is 2.46. The van der Waals surface area contributed by atoms with Crippen LogP contribution in [0.1, 0.15) is 84.0 Å². The summed E-state index contributed by atoms with van der Waals surface area (Å²) in [5.41, 5.74) is 0. The highest BCUT2D eigenvalue weighted by atomic mass is 14.4. The molecule has 0 spiro atoms. The van der Waals surface area contributed by atoms with Gasteiger partial charge in [-0.3, -0.25) is 0 Å². The molecule has 3 unspecified atom stereocenters. The van der Waals surface area contributed by atoms with E-state index in [1.807, 2.05) is 0 Å². The van der Waals surface area contributed by atoms with Crippen molar-refractivity contribution in [2.75, 3.05) is 0 Å².